The average molecular weight is 176 g/mol. The van der Waals surface area contributed by atoms with Crippen molar-refractivity contribution < 1.29 is 4.79 Å². The van der Waals surface area contributed by atoms with Crippen LogP contribution in [0.15, 0.2) is 18.2 Å². The number of nitrogens with zero attached hydrogens (tertiary/aromatic N) is 1. The average Bonchev–Trinajstić information content (AvgIpc) is 2.45. The van der Waals surface area contributed by atoms with Gasteiger partial charge >= 0.3 is 0 Å². The number of benzene rings is 1. The lowest BCUT2D eigenvalue weighted by atomic mass is 10.1. The van der Waals surface area contributed by atoms with E-state index in [0.29, 0.717) is 6.54 Å². The Balaban J connectivity index is 2.49. The fourth-order valence-electron chi connectivity index (χ4n) is 1.67. The van der Waals surface area contributed by atoms with Crippen LogP contribution >= 0.6 is 0 Å². The van der Waals surface area contributed by atoms with Crippen molar-refractivity contribution in [3.63, 3.8) is 0 Å². The third-order valence-corrected chi connectivity index (χ3v) is 2.47. The Morgan fingerprint density at radius 3 is 2.85 bits per heavy atom. The van der Waals surface area contributed by atoms with E-state index in [1.165, 1.54) is 5.56 Å². The molecule has 3 heteroatoms. The lowest BCUT2D eigenvalue weighted by Crippen LogP contribution is -2.34. The summed E-state index contributed by atoms with van der Waals surface area (Å²) in [6, 6.07) is 5.83. The van der Waals surface area contributed by atoms with Crippen LogP contribution in [0, 0.1) is 6.92 Å². The van der Waals surface area contributed by atoms with E-state index in [1.54, 1.807) is 12.1 Å². The summed E-state index contributed by atoms with van der Waals surface area (Å²) in [7, 11) is 1.76. The molecule has 0 unspecified atom stereocenters. The van der Waals surface area contributed by atoms with E-state index in [1.807, 2.05) is 25.1 Å². The van der Waals surface area contributed by atoms with Crippen LogP contribution in [0.25, 0.3) is 0 Å². The van der Waals surface area contributed by atoms with Crippen molar-refractivity contribution in [2.75, 3.05) is 7.05 Å². The van der Waals surface area contributed by atoms with Gasteiger partial charge in [0.25, 0.3) is 5.91 Å². The molecule has 3 nitrogen and oxygen atoms in total. The van der Waals surface area contributed by atoms with Gasteiger partial charge in [-0.25, -0.2) is 5.43 Å². The van der Waals surface area contributed by atoms with Crippen molar-refractivity contribution in [2.45, 2.75) is 13.5 Å². The van der Waals surface area contributed by atoms with Gasteiger partial charge in [-0.3, -0.25) is 9.80 Å². The highest BCUT2D eigenvalue weighted by atomic mass is 16.2. The molecule has 0 saturated heterocycles. The number of fused-ring (bicyclic) bond motifs is 1. The van der Waals surface area contributed by atoms with Crippen LogP contribution in [0.2, 0.25) is 0 Å². The Kier molecular flexibility index (Phi) is 1.81. The zero-order valence-electron chi connectivity index (χ0n) is 7.79. The van der Waals surface area contributed by atoms with Crippen molar-refractivity contribution >= 4 is 5.91 Å². The van der Waals surface area contributed by atoms with Crippen molar-refractivity contribution in [3.8, 4) is 0 Å². The van der Waals surface area contributed by atoms with Gasteiger partial charge in [0, 0.05) is 12.6 Å². The van der Waals surface area contributed by atoms with Gasteiger partial charge < -0.3 is 0 Å². The zero-order chi connectivity index (χ0) is 9.42. The largest absolute Gasteiger partial charge is 0.270 e. The molecule has 0 aromatic heterocycles. The number of nitrogens with one attached hydrogen (secondary N) is 1. The second-order valence-electron chi connectivity index (χ2n) is 3.22. The van der Waals surface area contributed by atoms with E-state index in [0.717, 1.165) is 11.1 Å². The fraction of sp³-hybridized carbons (Fsp3) is 0.300. The highest BCUT2D eigenvalue weighted by Gasteiger charge is 2.26. The molecule has 1 aromatic carbocycles. The first-order chi connectivity index (χ1) is 6.24. The van der Waals surface area contributed by atoms with Crippen LogP contribution in [0.5, 0.6) is 0 Å². The summed E-state index contributed by atoms with van der Waals surface area (Å²) in [5.74, 6) is 0.0706. The molecule has 1 aromatic rings. The van der Waals surface area contributed by atoms with E-state index in [9.17, 15) is 4.79 Å². The van der Waals surface area contributed by atoms with Crippen LogP contribution in [0.4, 0.5) is 0 Å². The van der Waals surface area contributed by atoms with Gasteiger partial charge in [-0.15, -0.1) is 0 Å². The van der Waals surface area contributed by atoms with Gasteiger partial charge in [0.1, 0.15) is 0 Å². The Morgan fingerprint density at radius 2 is 2.23 bits per heavy atom. The third kappa shape index (κ3) is 1.12. The summed E-state index contributed by atoms with van der Waals surface area (Å²) in [5.41, 5.74) is 6.02. The molecule has 68 valence electrons. The van der Waals surface area contributed by atoms with Gasteiger partial charge in [-0.1, -0.05) is 12.1 Å². The molecule has 0 aliphatic carbocycles. The predicted octanol–water partition coefficient (Wildman–Crippen LogP) is 1.09. The molecule has 0 fully saturated rings. The van der Waals surface area contributed by atoms with E-state index in [2.05, 4.69) is 5.43 Å². The Bertz CT molecular complexity index is 360. The van der Waals surface area contributed by atoms with Crippen LogP contribution in [-0.4, -0.2) is 18.0 Å². The van der Waals surface area contributed by atoms with Gasteiger partial charge in [0.05, 0.1) is 6.54 Å². The number of aryl methyl sites for hydroxylation is 1. The standard InChI is InChI=1S/C10H12N2O/c1-7-4-3-5-8-9(7)6-12(11-2)10(8)13/h3-5,11H,6H2,1-2H3. The summed E-state index contributed by atoms with van der Waals surface area (Å²) >= 11 is 0. The summed E-state index contributed by atoms with van der Waals surface area (Å²) in [4.78, 5) is 11.6. The number of carbonyl (C=O) groups is 1. The van der Waals surface area contributed by atoms with Crippen molar-refractivity contribution in [2.24, 2.45) is 0 Å². The molecule has 1 N–H and O–H groups in total. The smallest absolute Gasteiger partial charge is 0.268 e. The minimum atomic E-state index is 0.0706. The summed E-state index contributed by atoms with van der Waals surface area (Å²) < 4.78 is 0. The normalized spacial score (nSPS) is 14.9. The molecule has 13 heavy (non-hydrogen) atoms. The molecule has 0 saturated carbocycles. The molecule has 0 bridgehead atoms. The SMILES string of the molecule is CNN1Cc2c(C)cccc2C1=O. The van der Waals surface area contributed by atoms with E-state index < -0.39 is 0 Å². The first kappa shape index (κ1) is 8.26. The highest BCUT2D eigenvalue weighted by Crippen LogP contribution is 2.23. The molecular weight excluding hydrogens is 164 g/mol. The molecule has 0 spiro atoms. The lowest BCUT2D eigenvalue weighted by Gasteiger charge is -2.12. The minimum absolute atomic E-state index is 0.0706. The van der Waals surface area contributed by atoms with Crippen LogP contribution in [-0.2, 0) is 6.54 Å². The Hall–Kier alpha value is -1.35. The Labute approximate surface area is 77.3 Å². The fourth-order valence-corrected chi connectivity index (χ4v) is 1.67. The monoisotopic (exact) mass is 176 g/mol. The topological polar surface area (TPSA) is 32.3 Å². The summed E-state index contributed by atoms with van der Waals surface area (Å²) in [5, 5.41) is 1.62. The number of hydrogen-bond acceptors (Lipinski definition) is 2. The van der Waals surface area contributed by atoms with E-state index in [-0.39, 0.29) is 5.91 Å². The predicted molar refractivity (Wildman–Crippen MR) is 50.1 cm³/mol. The zero-order valence-corrected chi connectivity index (χ0v) is 7.79. The molecule has 1 aliphatic rings. The second-order valence-corrected chi connectivity index (χ2v) is 3.22. The summed E-state index contributed by atoms with van der Waals surface area (Å²) in [6.07, 6.45) is 0. The highest BCUT2D eigenvalue weighted by molar-refractivity contribution is 5.98. The molecule has 0 radical (unpaired) electrons. The van der Waals surface area contributed by atoms with E-state index in [4.69, 9.17) is 0 Å². The molecule has 1 aliphatic heterocycles. The third-order valence-electron chi connectivity index (χ3n) is 2.47. The number of carbonyl (C=O) groups excluding carboxylic acids is 1. The van der Waals surface area contributed by atoms with Crippen LogP contribution in [0.1, 0.15) is 21.5 Å². The molecule has 1 amide bonds. The van der Waals surface area contributed by atoms with Gasteiger partial charge in [0.2, 0.25) is 0 Å². The number of hydrazine groups is 1. The molecule has 0 atom stereocenters. The Morgan fingerprint density at radius 1 is 1.46 bits per heavy atom. The second kappa shape index (κ2) is 2.85. The maximum atomic E-state index is 11.6. The maximum Gasteiger partial charge on any atom is 0.268 e. The molecule has 1 heterocycles. The molecule has 2 rings (SSSR count). The van der Waals surface area contributed by atoms with Gasteiger partial charge in [0.15, 0.2) is 0 Å². The van der Waals surface area contributed by atoms with Gasteiger partial charge in [-0.2, -0.15) is 0 Å². The minimum Gasteiger partial charge on any atom is -0.270 e. The first-order valence-corrected chi connectivity index (χ1v) is 4.32. The number of rotatable bonds is 1. The van der Waals surface area contributed by atoms with Crippen LogP contribution < -0.4 is 5.43 Å². The van der Waals surface area contributed by atoms with E-state index >= 15 is 0 Å². The lowest BCUT2D eigenvalue weighted by molar-refractivity contribution is 0.0706. The van der Waals surface area contributed by atoms with Crippen molar-refractivity contribution in [3.05, 3.63) is 34.9 Å². The van der Waals surface area contributed by atoms with Crippen LogP contribution in [0.3, 0.4) is 0 Å². The number of amides is 1. The summed E-state index contributed by atoms with van der Waals surface area (Å²) in [6.45, 7) is 2.71. The van der Waals surface area contributed by atoms with Crippen molar-refractivity contribution in [1.82, 2.24) is 10.4 Å². The molecular formula is C10H12N2O. The quantitative estimate of drug-likeness (QED) is 0.694. The van der Waals surface area contributed by atoms with Gasteiger partial charge in [-0.05, 0) is 24.1 Å². The maximum absolute atomic E-state index is 11.6. The van der Waals surface area contributed by atoms with Crippen molar-refractivity contribution in [1.29, 1.82) is 0 Å². The number of hydrogen-bond donors (Lipinski definition) is 1. The first-order valence-electron chi connectivity index (χ1n) is 4.32.